The SMILES string of the molecule is C=CCc1cc(C=Nn2c(-c3cccc(C(F)(F)F)c3)nc3ccccc3c2=O)cc(OCC)c1O[C@@H](C)C(=O)OCC. The van der Waals surface area contributed by atoms with Crippen molar-refractivity contribution in [1.82, 2.24) is 9.66 Å². The Bertz CT molecular complexity index is 1730. The Morgan fingerprint density at radius 3 is 2.56 bits per heavy atom. The highest BCUT2D eigenvalue weighted by molar-refractivity contribution is 5.83. The molecule has 4 aromatic rings. The lowest BCUT2D eigenvalue weighted by Crippen LogP contribution is -2.26. The second kappa shape index (κ2) is 13.4. The van der Waals surface area contributed by atoms with E-state index in [1.165, 1.54) is 18.3 Å². The largest absolute Gasteiger partial charge is 0.490 e. The highest BCUT2D eigenvalue weighted by Gasteiger charge is 2.31. The maximum Gasteiger partial charge on any atom is 0.416 e. The number of halogens is 3. The molecule has 224 valence electrons. The van der Waals surface area contributed by atoms with Crippen LogP contribution in [-0.2, 0) is 22.1 Å². The van der Waals surface area contributed by atoms with Crippen molar-refractivity contribution in [3.63, 3.8) is 0 Å². The number of esters is 1. The minimum Gasteiger partial charge on any atom is -0.490 e. The van der Waals surface area contributed by atoms with Crippen LogP contribution in [0, 0.1) is 0 Å². The Morgan fingerprint density at radius 2 is 1.86 bits per heavy atom. The number of benzene rings is 3. The normalized spacial score (nSPS) is 12.3. The molecule has 8 nitrogen and oxygen atoms in total. The first-order chi connectivity index (χ1) is 20.6. The van der Waals surface area contributed by atoms with Crippen molar-refractivity contribution in [2.24, 2.45) is 5.10 Å². The fourth-order valence-corrected chi connectivity index (χ4v) is 4.32. The molecule has 0 aliphatic rings. The lowest BCUT2D eigenvalue weighted by Gasteiger charge is -2.20. The predicted octanol–water partition coefficient (Wildman–Crippen LogP) is 6.42. The third kappa shape index (κ3) is 7.11. The quantitative estimate of drug-likeness (QED) is 0.113. The molecule has 0 amide bonds. The summed E-state index contributed by atoms with van der Waals surface area (Å²) >= 11 is 0. The summed E-state index contributed by atoms with van der Waals surface area (Å²) < 4.78 is 58.3. The van der Waals surface area contributed by atoms with Gasteiger partial charge in [-0.2, -0.15) is 22.9 Å². The van der Waals surface area contributed by atoms with E-state index in [9.17, 15) is 22.8 Å². The van der Waals surface area contributed by atoms with E-state index in [0.29, 0.717) is 34.6 Å². The number of fused-ring (bicyclic) bond motifs is 1. The highest BCUT2D eigenvalue weighted by Crippen LogP contribution is 2.35. The van der Waals surface area contributed by atoms with Crippen molar-refractivity contribution in [2.45, 2.75) is 39.5 Å². The van der Waals surface area contributed by atoms with Gasteiger partial charge in [-0.3, -0.25) is 4.79 Å². The number of ether oxygens (including phenoxy) is 3. The molecule has 0 aliphatic heterocycles. The first-order valence-electron chi connectivity index (χ1n) is 13.5. The van der Waals surface area contributed by atoms with Gasteiger partial charge in [0.1, 0.15) is 0 Å². The molecule has 0 saturated carbocycles. The van der Waals surface area contributed by atoms with E-state index in [2.05, 4.69) is 16.7 Å². The average molecular weight is 594 g/mol. The molecule has 1 heterocycles. The van der Waals surface area contributed by atoms with Crippen LogP contribution in [0.2, 0.25) is 0 Å². The maximum atomic E-state index is 13.5. The number of carbonyl (C=O) groups is 1. The standard InChI is InChI=1S/C32H30F3N3O5/c1-5-11-22-16-21(17-27(41-6-2)28(22)43-20(4)31(40)42-7-3)19-36-38-29(23-12-10-13-24(18-23)32(33,34)35)37-26-15-9-8-14-25(26)30(38)39/h5,8-10,12-20H,1,6-7,11H2,2-4H3/t20-/m0/s1. The van der Waals surface area contributed by atoms with E-state index in [1.807, 2.05) is 0 Å². The molecule has 0 unspecified atom stereocenters. The van der Waals surface area contributed by atoms with Gasteiger partial charge >= 0.3 is 12.1 Å². The van der Waals surface area contributed by atoms with Gasteiger partial charge in [0.15, 0.2) is 23.4 Å². The Hall–Kier alpha value is -4.93. The fraction of sp³-hybridized carbons (Fsp3) is 0.250. The number of hydrogen-bond acceptors (Lipinski definition) is 7. The highest BCUT2D eigenvalue weighted by atomic mass is 19.4. The van der Waals surface area contributed by atoms with E-state index in [-0.39, 0.29) is 30.0 Å². The molecule has 0 bridgehead atoms. The van der Waals surface area contributed by atoms with E-state index < -0.39 is 29.4 Å². The summed E-state index contributed by atoms with van der Waals surface area (Å²) in [6.45, 7) is 9.33. The number of carbonyl (C=O) groups excluding carboxylic acids is 1. The molecule has 1 atom stereocenters. The third-order valence-corrected chi connectivity index (χ3v) is 6.26. The van der Waals surface area contributed by atoms with Crippen LogP contribution in [-0.4, -0.2) is 41.2 Å². The van der Waals surface area contributed by atoms with Crippen molar-refractivity contribution in [3.8, 4) is 22.9 Å². The first kappa shape index (κ1) is 31.0. The molecule has 0 aliphatic carbocycles. The van der Waals surface area contributed by atoms with Crippen LogP contribution in [0.4, 0.5) is 13.2 Å². The third-order valence-electron chi connectivity index (χ3n) is 6.26. The number of rotatable bonds is 11. The molecule has 0 fully saturated rings. The summed E-state index contributed by atoms with van der Waals surface area (Å²) in [4.78, 5) is 30.3. The summed E-state index contributed by atoms with van der Waals surface area (Å²) in [5.74, 6) is 0.0474. The molecular weight excluding hydrogens is 563 g/mol. The molecule has 43 heavy (non-hydrogen) atoms. The van der Waals surface area contributed by atoms with Gasteiger partial charge in [0.05, 0.1) is 35.9 Å². The lowest BCUT2D eigenvalue weighted by molar-refractivity contribution is -0.150. The summed E-state index contributed by atoms with van der Waals surface area (Å²) in [5, 5.41) is 4.62. The minimum absolute atomic E-state index is 0.0638. The van der Waals surface area contributed by atoms with Gasteiger partial charge in [-0.15, -0.1) is 6.58 Å². The van der Waals surface area contributed by atoms with Gasteiger partial charge in [0.2, 0.25) is 0 Å². The summed E-state index contributed by atoms with van der Waals surface area (Å²) in [6.07, 6.45) is -2.13. The molecule has 1 aromatic heterocycles. The van der Waals surface area contributed by atoms with Gasteiger partial charge in [0, 0.05) is 11.1 Å². The number of allylic oxidation sites excluding steroid dienone is 1. The number of hydrogen-bond donors (Lipinski definition) is 0. The molecular formula is C32H30F3N3O5. The molecule has 4 rings (SSSR count). The van der Waals surface area contributed by atoms with Crippen LogP contribution < -0.4 is 15.0 Å². The van der Waals surface area contributed by atoms with Crippen LogP contribution in [0.15, 0.2) is 83.2 Å². The van der Waals surface area contributed by atoms with Gasteiger partial charge in [-0.05, 0) is 69.2 Å². The molecule has 3 aromatic carbocycles. The van der Waals surface area contributed by atoms with Gasteiger partial charge in [-0.1, -0.05) is 30.3 Å². The summed E-state index contributed by atoms with van der Waals surface area (Å²) in [7, 11) is 0. The zero-order chi connectivity index (χ0) is 31.1. The van der Waals surface area contributed by atoms with Crippen LogP contribution in [0.5, 0.6) is 11.5 Å². The molecule has 0 N–H and O–H groups in total. The van der Waals surface area contributed by atoms with Gasteiger partial charge < -0.3 is 14.2 Å². The monoisotopic (exact) mass is 593 g/mol. The smallest absolute Gasteiger partial charge is 0.416 e. The maximum absolute atomic E-state index is 13.5. The summed E-state index contributed by atoms with van der Waals surface area (Å²) in [5.41, 5.74) is 0.0521. The van der Waals surface area contributed by atoms with E-state index in [0.717, 1.165) is 16.8 Å². The van der Waals surface area contributed by atoms with Gasteiger partial charge in [-0.25, -0.2) is 9.78 Å². The molecule has 11 heteroatoms. The molecule has 0 saturated heterocycles. The number of para-hydroxylation sites is 1. The molecule has 0 radical (unpaired) electrons. The number of nitrogens with zero attached hydrogens (tertiary/aromatic N) is 3. The fourth-order valence-electron chi connectivity index (χ4n) is 4.32. The van der Waals surface area contributed by atoms with Crippen molar-refractivity contribution in [2.75, 3.05) is 13.2 Å². The lowest BCUT2D eigenvalue weighted by atomic mass is 10.1. The van der Waals surface area contributed by atoms with Crippen LogP contribution in [0.25, 0.3) is 22.3 Å². The predicted molar refractivity (Wildman–Crippen MR) is 158 cm³/mol. The van der Waals surface area contributed by atoms with E-state index in [4.69, 9.17) is 14.2 Å². The Labute approximate surface area is 246 Å². The Balaban J connectivity index is 1.86. The van der Waals surface area contributed by atoms with Crippen LogP contribution in [0.3, 0.4) is 0 Å². The molecule has 0 spiro atoms. The second-order valence-electron chi connectivity index (χ2n) is 9.34. The Morgan fingerprint density at radius 1 is 1.09 bits per heavy atom. The van der Waals surface area contributed by atoms with E-state index in [1.54, 1.807) is 63.2 Å². The second-order valence-corrected chi connectivity index (χ2v) is 9.34. The number of alkyl halides is 3. The zero-order valence-corrected chi connectivity index (χ0v) is 23.9. The first-order valence-corrected chi connectivity index (χ1v) is 13.5. The van der Waals surface area contributed by atoms with Gasteiger partial charge in [0.25, 0.3) is 5.56 Å². The average Bonchev–Trinajstić information content (AvgIpc) is 2.98. The van der Waals surface area contributed by atoms with Crippen molar-refractivity contribution >= 4 is 23.1 Å². The van der Waals surface area contributed by atoms with Crippen LogP contribution in [0.1, 0.15) is 37.5 Å². The van der Waals surface area contributed by atoms with Crippen molar-refractivity contribution < 1.29 is 32.2 Å². The van der Waals surface area contributed by atoms with Crippen LogP contribution >= 0.6 is 0 Å². The zero-order valence-electron chi connectivity index (χ0n) is 23.9. The topological polar surface area (TPSA) is 92.0 Å². The van der Waals surface area contributed by atoms with Crippen molar-refractivity contribution in [1.29, 1.82) is 0 Å². The summed E-state index contributed by atoms with van der Waals surface area (Å²) in [6, 6.07) is 14.4. The minimum atomic E-state index is -4.59. The van der Waals surface area contributed by atoms with Crippen molar-refractivity contribution in [3.05, 3.63) is 100 Å². The number of aromatic nitrogens is 2. The van der Waals surface area contributed by atoms with E-state index >= 15 is 0 Å². The Kier molecular flexibility index (Phi) is 9.64.